The second-order valence-corrected chi connectivity index (χ2v) is 14.1. The Hall–Kier alpha value is -6.24. The number of benzene rings is 10. The van der Waals surface area contributed by atoms with Gasteiger partial charge in [-0.1, -0.05) is 163 Å². The average Bonchev–Trinajstić information content (AvgIpc) is 3.49. The van der Waals surface area contributed by atoms with Crippen molar-refractivity contribution in [3.05, 3.63) is 169 Å². The highest BCUT2D eigenvalue weighted by atomic mass is 14.3. The SMILES string of the molecule is Cc1ccc(-c2c3c(c(-c4ccccc4-c4ccccc4)c4ccccc24)-c2ccc4c5cccc6cccc(c7ccc-3c2c74)c65)c(C)c1. The zero-order chi connectivity index (χ0) is 33.1. The molecule has 0 N–H and O–H groups in total. The Morgan fingerprint density at radius 1 is 0.300 bits per heavy atom. The summed E-state index contributed by atoms with van der Waals surface area (Å²) in [6.07, 6.45) is 0. The van der Waals surface area contributed by atoms with Gasteiger partial charge in [0.05, 0.1) is 0 Å². The molecular formula is C50H32. The van der Waals surface area contributed by atoms with Crippen LogP contribution < -0.4 is 0 Å². The van der Waals surface area contributed by atoms with Crippen molar-refractivity contribution in [2.75, 3.05) is 0 Å². The Morgan fingerprint density at radius 2 is 0.820 bits per heavy atom. The summed E-state index contributed by atoms with van der Waals surface area (Å²) < 4.78 is 0. The van der Waals surface area contributed by atoms with Gasteiger partial charge < -0.3 is 0 Å². The third kappa shape index (κ3) is 3.60. The quantitative estimate of drug-likeness (QED) is 0.134. The monoisotopic (exact) mass is 632 g/mol. The molecule has 0 aliphatic heterocycles. The van der Waals surface area contributed by atoms with Gasteiger partial charge in [0.25, 0.3) is 0 Å². The first kappa shape index (κ1) is 27.7. The standard InChI is InChI=1S/C50H32/c1-29-22-23-33(30(2)28-29)45-38-18-8-9-19-39(38)47(35-17-7-6-16-34(35)31-12-4-3-5-13-31)50-43-27-25-41-37-21-11-15-32-14-10-20-36(44(32)37)40-24-26-42(49(45)50)48(43)46(40)41/h3-28H,1-2H3. The van der Waals surface area contributed by atoms with Gasteiger partial charge in [-0.2, -0.15) is 0 Å². The smallest absolute Gasteiger partial charge is 0.000718 e. The van der Waals surface area contributed by atoms with E-state index in [1.165, 1.54) is 121 Å². The fourth-order valence-electron chi connectivity index (χ4n) is 9.35. The Bertz CT molecular complexity index is 2980. The Labute approximate surface area is 291 Å². The second kappa shape index (κ2) is 10.1. The lowest BCUT2D eigenvalue weighted by atomic mass is 9.80. The van der Waals surface area contributed by atoms with Gasteiger partial charge in [-0.15, -0.1) is 0 Å². The molecule has 0 saturated carbocycles. The van der Waals surface area contributed by atoms with E-state index < -0.39 is 0 Å². The molecule has 0 radical (unpaired) electrons. The minimum Gasteiger partial charge on any atom is -0.0622 e. The van der Waals surface area contributed by atoms with Crippen LogP contribution in [0.3, 0.4) is 0 Å². The molecular weight excluding hydrogens is 601 g/mol. The zero-order valence-corrected chi connectivity index (χ0v) is 28.0. The van der Waals surface area contributed by atoms with E-state index in [1.807, 2.05) is 0 Å². The van der Waals surface area contributed by atoms with Crippen molar-refractivity contribution in [3.63, 3.8) is 0 Å². The van der Waals surface area contributed by atoms with Gasteiger partial charge in [0.15, 0.2) is 0 Å². The van der Waals surface area contributed by atoms with Crippen LogP contribution in [0.5, 0.6) is 0 Å². The summed E-state index contributed by atoms with van der Waals surface area (Å²) in [5.41, 5.74) is 15.7. The molecule has 0 heteroatoms. The topological polar surface area (TPSA) is 0 Å². The zero-order valence-electron chi connectivity index (χ0n) is 28.0. The molecule has 0 unspecified atom stereocenters. The van der Waals surface area contributed by atoms with E-state index in [0.29, 0.717) is 0 Å². The van der Waals surface area contributed by atoms with E-state index in [4.69, 9.17) is 0 Å². The van der Waals surface area contributed by atoms with Gasteiger partial charge >= 0.3 is 0 Å². The number of aryl methyl sites for hydroxylation is 2. The maximum atomic E-state index is 2.43. The van der Waals surface area contributed by atoms with Crippen molar-refractivity contribution < 1.29 is 0 Å². The fourth-order valence-corrected chi connectivity index (χ4v) is 9.35. The molecule has 0 amide bonds. The van der Waals surface area contributed by atoms with Crippen molar-refractivity contribution in [1.82, 2.24) is 0 Å². The van der Waals surface area contributed by atoms with E-state index in [1.54, 1.807) is 0 Å². The summed E-state index contributed by atoms with van der Waals surface area (Å²) in [7, 11) is 0. The number of rotatable bonds is 3. The van der Waals surface area contributed by atoms with Crippen LogP contribution >= 0.6 is 0 Å². The summed E-state index contributed by atoms with van der Waals surface area (Å²) in [5, 5.41) is 13.3. The predicted octanol–water partition coefficient (Wildman–Crippen LogP) is 14.2. The van der Waals surface area contributed by atoms with Gasteiger partial charge in [-0.25, -0.2) is 0 Å². The lowest BCUT2D eigenvalue weighted by molar-refractivity contribution is 1.39. The van der Waals surface area contributed by atoms with Crippen LogP contribution in [0.4, 0.5) is 0 Å². The van der Waals surface area contributed by atoms with Crippen molar-refractivity contribution in [2.45, 2.75) is 13.8 Å². The van der Waals surface area contributed by atoms with Crippen LogP contribution in [-0.2, 0) is 0 Å². The molecule has 10 aromatic carbocycles. The van der Waals surface area contributed by atoms with E-state index in [0.717, 1.165) is 0 Å². The summed E-state index contributed by atoms with van der Waals surface area (Å²) in [6, 6.07) is 59.2. The molecule has 0 spiro atoms. The molecule has 50 heavy (non-hydrogen) atoms. The molecule has 1 aliphatic carbocycles. The van der Waals surface area contributed by atoms with Gasteiger partial charge in [-0.3, -0.25) is 0 Å². The maximum absolute atomic E-state index is 2.43. The van der Waals surface area contributed by atoms with E-state index >= 15 is 0 Å². The third-order valence-electron chi connectivity index (χ3n) is 11.3. The van der Waals surface area contributed by atoms with Crippen LogP contribution in [0.1, 0.15) is 11.1 Å². The highest BCUT2D eigenvalue weighted by Crippen LogP contribution is 2.60. The Kier molecular flexibility index (Phi) is 5.61. The average molecular weight is 633 g/mol. The van der Waals surface area contributed by atoms with E-state index in [2.05, 4.69) is 172 Å². The van der Waals surface area contributed by atoms with Crippen LogP contribution in [0, 0.1) is 13.8 Å². The lowest BCUT2D eigenvalue weighted by Gasteiger charge is -2.23. The highest BCUT2D eigenvalue weighted by molar-refractivity contribution is 6.39. The predicted molar refractivity (Wildman–Crippen MR) is 215 cm³/mol. The molecule has 0 aromatic heterocycles. The summed E-state index contributed by atoms with van der Waals surface area (Å²) in [4.78, 5) is 0. The first-order valence-corrected chi connectivity index (χ1v) is 17.6. The minimum absolute atomic E-state index is 1.23. The Balaban J connectivity index is 1.38. The van der Waals surface area contributed by atoms with Gasteiger partial charge in [0.2, 0.25) is 0 Å². The number of fused-ring (bicyclic) bond motifs is 6. The molecule has 1 aliphatic rings. The van der Waals surface area contributed by atoms with Crippen molar-refractivity contribution in [2.24, 2.45) is 0 Å². The maximum Gasteiger partial charge on any atom is -0.000718 e. The highest BCUT2D eigenvalue weighted by Gasteiger charge is 2.33. The molecule has 10 aromatic rings. The molecule has 11 rings (SSSR count). The van der Waals surface area contributed by atoms with Crippen LogP contribution in [0.15, 0.2) is 158 Å². The first-order valence-electron chi connectivity index (χ1n) is 17.6. The van der Waals surface area contributed by atoms with Gasteiger partial charge in [-0.05, 0) is 129 Å². The molecule has 0 heterocycles. The van der Waals surface area contributed by atoms with E-state index in [9.17, 15) is 0 Å². The van der Waals surface area contributed by atoms with Gasteiger partial charge in [0, 0.05) is 0 Å². The summed E-state index contributed by atoms with van der Waals surface area (Å²) in [5.74, 6) is 0. The van der Waals surface area contributed by atoms with Crippen molar-refractivity contribution in [1.29, 1.82) is 0 Å². The number of hydrogen-bond acceptors (Lipinski definition) is 0. The summed E-state index contributed by atoms with van der Waals surface area (Å²) in [6.45, 7) is 4.47. The fraction of sp³-hybridized carbons (Fsp3) is 0.0400. The molecule has 0 nitrogen and oxygen atoms in total. The summed E-state index contributed by atoms with van der Waals surface area (Å²) >= 11 is 0. The first-order chi connectivity index (χ1) is 24.7. The number of hydrogen-bond donors (Lipinski definition) is 0. The molecule has 232 valence electrons. The Morgan fingerprint density at radius 3 is 1.46 bits per heavy atom. The largest absolute Gasteiger partial charge is 0.0622 e. The second-order valence-electron chi connectivity index (χ2n) is 14.1. The van der Waals surface area contributed by atoms with E-state index in [-0.39, 0.29) is 0 Å². The molecule has 0 saturated heterocycles. The van der Waals surface area contributed by atoms with Crippen LogP contribution in [-0.4, -0.2) is 0 Å². The van der Waals surface area contributed by atoms with Gasteiger partial charge in [0.1, 0.15) is 0 Å². The minimum atomic E-state index is 1.23. The normalized spacial score (nSPS) is 12.2. The van der Waals surface area contributed by atoms with Crippen molar-refractivity contribution in [3.8, 4) is 55.6 Å². The molecule has 0 atom stereocenters. The lowest BCUT2D eigenvalue weighted by Crippen LogP contribution is -1.96. The van der Waals surface area contributed by atoms with Crippen LogP contribution in [0.25, 0.3) is 109 Å². The van der Waals surface area contributed by atoms with Crippen LogP contribution in [0.2, 0.25) is 0 Å². The molecule has 0 fully saturated rings. The molecule has 0 bridgehead atoms. The third-order valence-corrected chi connectivity index (χ3v) is 11.3. The van der Waals surface area contributed by atoms with Crippen molar-refractivity contribution >= 4 is 53.9 Å².